The number of benzene rings is 5. The van der Waals surface area contributed by atoms with E-state index in [1.807, 2.05) is 0 Å². The van der Waals surface area contributed by atoms with Gasteiger partial charge in [-0.2, -0.15) is 0 Å². The normalized spacial score (nSPS) is 11.7. The van der Waals surface area contributed by atoms with Crippen molar-refractivity contribution in [2.45, 2.75) is 13.8 Å². The molecule has 0 saturated carbocycles. The summed E-state index contributed by atoms with van der Waals surface area (Å²) in [4.78, 5) is 5.10. The molecule has 0 saturated heterocycles. The van der Waals surface area contributed by atoms with Crippen molar-refractivity contribution in [3.63, 3.8) is 0 Å². The van der Waals surface area contributed by atoms with Gasteiger partial charge in [-0.15, -0.1) is 0 Å². The van der Waals surface area contributed by atoms with Gasteiger partial charge < -0.3 is 0 Å². The van der Waals surface area contributed by atoms with Crippen molar-refractivity contribution in [3.8, 4) is 11.1 Å². The summed E-state index contributed by atoms with van der Waals surface area (Å²) in [5, 5.41) is 7.48. The quantitative estimate of drug-likeness (QED) is 0.207. The van der Waals surface area contributed by atoms with Crippen molar-refractivity contribution < 1.29 is 0 Å². The van der Waals surface area contributed by atoms with Crippen LogP contribution in [0.25, 0.3) is 54.5 Å². The molecule has 0 bridgehead atoms. The highest BCUT2D eigenvalue weighted by Gasteiger charge is 2.16. The zero-order valence-electron chi connectivity index (χ0n) is 17.1. The summed E-state index contributed by atoms with van der Waals surface area (Å²) in [5.41, 5.74) is 7.26. The van der Waals surface area contributed by atoms with Crippen LogP contribution in [0.3, 0.4) is 0 Å². The molecule has 0 aliphatic heterocycles. The minimum Gasteiger partial charge on any atom is -0.248 e. The van der Waals surface area contributed by atoms with Gasteiger partial charge in [-0.25, -0.2) is 4.98 Å². The second-order valence-corrected chi connectivity index (χ2v) is 8.15. The Kier molecular flexibility index (Phi) is 3.66. The predicted octanol–water partition coefficient (Wildman–Crippen LogP) is 7.98. The van der Waals surface area contributed by atoms with E-state index in [0.29, 0.717) is 0 Å². The number of hydrogen-bond donors (Lipinski definition) is 0. The van der Waals surface area contributed by atoms with Crippen LogP contribution in [0.1, 0.15) is 11.1 Å². The molecule has 1 heteroatoms. The predicted molar refractivity (Wildman–Crippen MR) is 129 cm³/mol. The molecule has 0 aliphatic rings. The van der Waals surface area contributed by atoms with Crippen molar-refractivity contribution in [2.24, 2.45) is 0 Å². The van der Waals surface area contributed by atoms with Crippen LogP contribution < -0.4 is 0 Å². The summed E-state index contributed by atoms with van der Waals surface area (Å²) in [7, 11) is 0. The van der Waals surface area contributed by atoms with Crippen molar-refractivity contribution >= 4 is 43.4 Å². The third-order valence-electron chi connectivity index (χ3n) is 6.35. The Labute approximate surface area is 175 Å². The minimum absolute atomic E-state index is 1.05. The molecule has 0 fully saturated rings. The van der Waals surface area contributed by atoms with Gasteiger partial charge in [0.25, 0.3) is 0 Å². The first-order chi connectivity index (χ1) is 14.7. The number of pyridine rings is 1. The summed E-state index contributed by atoms with van der Waals surface area (Å²) in [6.45, 7) is 4.37. The lowest BCUT2D eigenvalue weighted by atomic mass is 9.89. The number of aryl methyl sites for hydroxylation is 2. The first-order valence-electron chi connectivity index (χ1n) is 10.4. The Morgan fingerprint density at radius 3 is 1.67 bits per heavy atom. The largest absolute Gasteiger partial charge is 0.248 e. The Bertz CT molecular complexity index is 1510. The maximum atomic E-state index is 5.10. The number of fused-ring (bicyclic) bond motifs is 6. The van der Waals surface area contributed by atoms with Crippen molar-refractivity contribution in [1.29, 1.82) is 0 Å². The van der Waals surface area contributed by atoms with E-state index in [9.17, 15) is 0 Å². The first kappa shape index (κ1) is 17.2. The van der Waals surface area contributed by atoms with E-state index in [1.165, 1.54) is 54.6 Å². The molecule has 0 atom stereocenters. The van der Waals surface area contributed by atoms with E-state index < -0.39 is 0 Å². The average molecular weight is 383 g/mol. The number of hydrogen-bond acceptors (Lipinski definition) is 1. The molecular formula is C29H21N. The summed E-state index contributed by atoms with van der Waals surface area (Å²) < 4.78 is 0. The molecule has 1 aromatic heterocycles. The maximum Gasteiger partial charge on any atom is 0.0722 e. The monoisotopic (exact) mass is 383 g/mol. The molecule has 30 heavy (non-hydrogen) atoms. The van der Waals surface area contributed by atoms with Gasteiger partial charge in [-0.3, -0.25) is 0 Å². The highest BCUT2D eigenvalue weighted by atomic mass is 14.7. The van der Waals surface area contributed by atoms with E-state index in [1.54, 1.807) is 0 Å². The summed E-state index contributed by atoms with van der Waals surface area (Å²) in [5.74, 6) is 0. The lowest BCUT2D eigenvalue weighted by Gasteiger charge is -2.16. The molecule has 0 N–H and O–H groups in total. The summed E-state index contributed by atoms with van der Waals surface area (Å²) in [6.07, 6.45) is 0. The minimum atomic E-state index is 1.05. The van der Waals surface area contributed by atoms with Crippen molar-refractivity contribution in [1.82, 2.24) is 4.98 Å². The summed E-state index contributed by atoms with van der Waals surface area (Å²) >= 11 is 0. The van der Waals surface area contributed by atoms with Gasteiger partial charge in [0.15, 0.2) is 0 Å². The van der Waals surface area contributed by atoms with Crippen LogP contribution in [0.5, 0.6) is 0 Å². The van der Waals surface area contributed by atoms with Crippen molar-refractivity contribution in [3.05, 3.63) is 102 Å². The fourth-order valence-corrected chi connectivity index (χ4v) is 4.67. The van der Waals surface area contributed by atoms with Crippen LogP contribution in [-0.2, 0) is 0 Å². The zero-order valence-corrected chi connectivity index (χ0v) is 17.1. The van der Waals surface area contributed by atoms with Crippen molar-refractivity contribution in [2.75, 3.05) is 0 Å². The van der Waals surface area contributed by atoms with Gasteiger partial charge in [0, 0.05) is 16.3 Å². The topological polar surface area (TPSA) is 12.9 Å². The smallest absolute Gasteiger partial charge is 0.0722 e. The zero-order chi connectivity index (χ0) is 20.2. The maximum absolute atomic E-state index is 5.10. The van der Waals surface area contributed by atoms with Crippen LogP contribution in [0, 0.1) is 13.8 Å². The van der Waals surface area contributed by atoms with E-state index in [4.69, 9.17) is 4.98 Å². The Balaban J connectivity index is 1.94. The van der Waals surface area contributed by atoms with Gasteiger partial charge in [-0.05, 0) is 64.2 Å². The molecule has 142 valence electrons. The van der Waals surface area contributed by atoms with Gasteiger partial charge >= 0.3 is 0 Å². The molecule has 0 spiro atoms. The Hall–Kier alpha value is -3.71. The second kappa shape index (κ2) is 6.40. The number of aromatic nitrogens is 1. The molecule has 1 heterocycles. The van der Waals surface area contributed by atoms with E-state index in [2.05, 4.69) is 105 Å². The number of rotatable bonds is 1. The molecule has 5 aromatic carbocycles. The third-order valence-corrected chi connectivity index (χ3v) is 6.35. The first-order valence-corrected chi connectivity index (χ1v) is 10.4. The van der Waals surface area contributed by atoms with Crippen LogP contribution in [0.4, 0.5) is 0 Å². The highest BCUT2D eigenvalue weighted by Crippen LogP contribution is 2.41. The van der Waals surface area contributed by atoms with Gasteiger partial charge in [0.05, 0.1) is 11.0 Å². The van der Waals surface area contributed by atoms with E-state index in [0.717, 1.165) is 11.0 Å². The van der Waals surface area contributed by atoms with Crippen LogP contribution in [0.15, 0.2) is 91.0 Å². The molecule has 0 unspecified atom stereocenters. The molecule has 0 radical (unpaired) electrons. The Morgan fingerprint density at radius 1 is 0.533 bits per heavy atom. The Morgan fingerprint density at radius 2 is 1.10 bits per heavy atom. The van der Waals surface area contributed by atoms with Crippen LogP contribution >= 0.6 is 0 Å². The molecule has 1 nitrogen and oxygen atoms in total. The fourth-order valence-electron chi connectivity index (χ4n) is 4.67. The molecule has 6 aromatic rings. The standard InChI is InChI=1S/C29H21N/c1-18-11-12-22(17-19(18)2)27-28-23-9-5-3-7-20(23)13-15-25(28)30-26-16-14-21-8-4-6-10-24(21)29(26)27/h3-17H,1-2H3. The lowest BCUT2D eigenvalue weighted by Crippen LogP contribution is -1.93. The molecular weight excluding hydrogens is 362 g/mol. The fraction of sp³-hybridized carbons (Fsp3) is 0.0690. The SMILES string of the molecule is Cc1ccc(-c2c3c(ccc4ccccc43)nc3ccc4ccccc4c23)cc1C. The molecule has 0 amide bonds. The molecule has 6 rings (SSSR count). The summed E-state index contributed by atoms with van der Waals surface area (Å²) in [6, 6.07) is 32.8. The second-order valence-electron chi connectivity index (χ2n) is 8.15. The highest BCUT2D eigenvalue weighted by molar-refractivity contribution is 6.25. The van der Waals surface area contributed by atoms with Gasteiger partial charge in [-0.1, -0.05) is 78.9 Å². The van der Waals surface area contributed by atoms with Crippen LogP contribution in [0.2, 0.25) is 0 Å². The van der Waals surface area contributed by atoms with E-state index in [-0.39, 0.29) is 0 Å². The number of nitrogens with zero attached hydrogens (tertiary/aromatic N) is 1. The average Bonchev–Trinajstić information content (AvgIpc) is 2.79. The van der Waals surface area contributed by atoms with Gasteiger partial charge in [0.1, 0.15) is 0 Å². The van der Waals surface area contributed by atoms with Gasteiger partial charge in [0.2, 0.25) is 0 Å². The van der Waals surface area contributed by atoms with Crippen LogP contribution in [-0.4, -0.2) is 4.98 Å². The third kappa shape index (κ3) is 2.45. The molecule has 0 aliphatic carbocycles. The van der Waals surface area contributed by atoms with E-state index >= 15 is 0 Å². The lowest BCUT2D eigenvalue weighted by molar-refractivity contribution is 1.34.